The van der Waals surface area contributed by atoms with Crippen LogP contribution < -0.4 is 0 Å². The lowest BCUT2D eigenvalue weighted by atomic mass is 10.1. The molecule has 0 bridgehead atoms. The third-order valence-corrected chi connectivity index (χ3v) is 4.23. The highest BCUT2D eigenvalue weighted by Gasteiger charge is 2.17. The number of hydrogen-bond donors (Lipinski definition) is 2. The summed E-state index contributed by atoms with van der Waals surface area (Å²) in [6.45, 7) is 6.13. The molecule has 20 heavy (non-hydrogen) atoms. The van der Waals surface area contributed by atoms with Gasteiger partial charge in [-0.3, -0.25) is 4.90 Å². The second-order valence-electron chi connectivity index (χ2n) is 4.82. The van der Waals surface area contributed by atoms with Crippen molar-refractivity contribution in [2.45, 2.75) is 18.6 Å². The lowest BCUT2D eigenvalue weighted by molar-refractivity contribution is 0.0340. The van der Waals surface area contributed by atoms with Gasteiger partial charge in [0, 0.05) is 25.2 Å². The van der Waals surface area contributed by atoms with Gasteiger partial charge >= 0.3 is 0 Å². The summed E-state index contributed by atoms with van der Waals surface area (Å²) >= 11 is 1.68. The number of nitrogens with one attached hydrogen (secondary N) is 1. The molecule has 0 amide bonds. The largest absolute Gasteiger partial charge is 0.508 e. The van der Waals surface area contributed by atoms with Crippen molar-refractivity contribution >= 4 is 22.8 Å². The molecule has 2 N–H and O–H groups in total. The van der Waals surface area contributed by atoms with Gasteiger partial charge < -0.3 is 14.8 Å². The molecule has 0 saturated carbocycles. The van der Waals surface area contributed by atoms with Crippen LogP contribution in [-0.2, 0) is 11.3 Å². The Morgan fingerprint density at radius 3 is 2.95 bits per heavy atom. The van der Waals surface area contributed by atoms with Crippen molar-refractivity contribution in [1.29, 1.82) is 0 Å². The van der Waals surface area contributed by atoms with Gasteiger partial charge in [0.1, 0.15) is 5.75 Å². The number of rotatable bonds is 4. The van der Waals surface area contributed by atoms with Crippen LogP contribution in [0, 0.1) is 0 Å². The monoisotopic (exact) mass is 293 g/mol. The number of ether oxygens (including phenoxy) is 1. The lowest BCUT2D eigenvalue weighted by Gasteiger charge is -2.26. The van der Waals surface area contributed by atoms with Crippen LogP contribution in [-0.4, -0.2) is 52.0 Å². The molecule has 2 aromatic rings. The van der Waals surface area contributed by atoms with Gasteiger partial charge in [-0.05, 0) is 17.9 Å². The number of aromatic hydroxyl groups is 1. The molecule has 0 spiro atoms. The fourth-order valence-corrected chi connectivity index (χ4v) is 3.05. The third kappa shape index (κ3) is 2.77. The number of fused-ring (bicyclic) bond motifs is 1. The Balaban J connectivity index is 1.92. The van der Waals surface area contributed by atoms with E-state index in [2.05, 4.69) is 21.8 Å². The molecule has 0 atom stereocenters. The van der Waals surface area contributed by atoms with Crippen LogP contribution in [0.5, 0.6) is 5.75 Å². The van der Waals surface area contributed by atoms with Crippen LogP contribution in [0.3, 0.4) is 0 Å². The zero-order chi connectivity index (χ0) is 13.9. The molecule has 108 valence electrons. The number of hydrogen-bond acceptors (Lipinski definition) is 5. The van der Waals surface area contributed by atoms with Crippen molar-refractivity contribution in [1.82, 2.24) is 14.9 Å². The Morgan fingerprint density at radius 1 is 1.40 bits per heavy atom. The molecule has 1 aromatic carbocycles. The number of morpholine rings is 1. The third-order valence-electron chi connectivity index (χ3n) is 3.48. The van der Waals surface area contributed by atoms with Crippen molar-refractivity contribution < 1.29 is 9.84 Å². The van der Waals surface area contributed by atoms with E-state index >= 15 is 0 Å². The summed E-state index contributed by atoms with van der Waals surface area (Å²) in [5, 5.41) is 11.1. The van der Waals surface area contributed by atoms with Gasteiger partial charge in [0.15, 0.2) is 5.16 Å². The van der Waals surface area contributed by atoms with Crippen molar-refractivity contribution in [2.24, 2.45) is 0 Å². The molecule has 0 unspecified atom stereocenters. The van der Waals surface area contributed by atoms with Gasteiger partial charge in [-0.1, -0.05) is 18.7 Å². The second-order valence-corrected chi connectivity index (χ2v) is 6.08. The van der Waals surface area contributed by atoms with E-state index in [0.717, 1.165) is 53.8 Å². The summed E-state index contributed by atoms with van der Waals surface area (Å²) in [4.78, 5) is 10.2. The SMILES string of the molecule is CCSc1nc2c(CN3CCOCC3)c(O)ccc2[nH]1. The Bertz CT molecular complexity index is 593. The molecule has 3 rings (SSSR count). The highest BCUT2D eigenvalue weighted by molar-refractivity contribution is 7.99. The predicted molar refractivity (Wildman–Crippen MR) is 80.3 cm³/mol. The maximum Gasteiger partial charge on any atom is 0.166 e. The predicted octanol–water partition coefficient (Wildman–Crippen LogP) is 2.21. The number of phenols is 1. The first-order chi connectivity index (χ1) is 9.78. The standard InChI is InChI=1S/C14H19N3O2S/c1-2-20-14-15-11-3-4-12(18)10(13(11)16-14)9-17-5-7-19-8-6-17/h3-4,18H,2,5-9H2,1H3,(H,15,16). The number of aromatic amines is 1. The number of imidazole rings is 1. The zero-order valence-corrected chi connectivity index (χ0v) is 12.4. The van der Waals surface area contributed by atoms with Crippen molar-refractivity contribution in [3.8, 4) is 5.75 Å². The zero-order valence-electron chi connectivity index (χ0n) is 11.6. The minimum absolute atomic E-state index is 0.323. The van der Waals surface area contributed by atoms with Gasteiger partial charge in [0.25, 0.3) is 0 Å². The Morgan fingerprint density at radius 2 is 2.20 bits per heavy atom. The summed E-state index contributed by atoms with van der Waals surface area (Å²) in [6, 6.07) is 3.64. The van der Waals surface area contributed by atoms with Crippen LogP contribution in [0.1, 0.15) is 12.5 Å². The summed E-state index contributed by atoms with van der Waals surface area (Å²) in [7, 11) is 0. The van der Waals surface area contributed by atoms with Crippen molar-refractivity contribution in [2.75, 3.05) is 32.1 Å². The summed E-state index contributed by atoms with van der Waals surface area (Å²) in [6.07, 6.45) is 0. The minimum atomic E-state index is 0.323. The second kappa shape index (κ2) is 6.03. The number of phenolic OH excluding ortho intramolecular Hbond substituents is 1. The van der Waals surface area contributed by atoms with E-state index in [-0.39, 0.29) is 0 Å². The van der Waals surface area contributed by atoms with Crippen LogP contribution in [0.2, 0.25) is 0 Å². The number of thioether (sulfide) groups is 1. The average molecular weight is 293 g/mol. The molecule has 1 aliphatic rings. The number of benzene rings is 1. The minimum Gasteiger partial charge on any atom is -0.508 e. The van der Waals surface area contributed by atoms with Crippen LogP contribution >= 0.6 is 11.8 Å². The normalized spacial score (nSPS) is 16.9. The highest BCUT2D eigenvalue weighted by Crippen LogP contribution is 2.29. The summed E-state index contributed by atoms with van der Waals surface area (Å²) < 4.78 is 5.36. The van der Waals surface area contributed by atoms with Gasteiger partial charge in [-0.2, -0.15) is 0 Å². The van der Waals surface area contributed by atoms with Crippen LogP contribution in [0.15, 0.2) is 17.3 Å². The fraction of sp³-hybridized carbons (Fsp3) is 0.500. The maximum absolute atomic E-state index is 10.2. The number of aromatic nitrogens is 2. The van der Waals surface area contributed by atoms with E-state index in [4.69, 9.17) is 4.74 Å². The van der Waals surface area contributed by atoms with E-state index in [0.29, 0.717) is 12.3 Å². The first kappa shape index (κ1) is 13.7. The van der Waals surface area contributed by atoms with Gasteiger partial charge in [-0.15, -0.1) is 0 Å². The Hall–Kier alpha value is -1.24. The molecule has 2 heterocycles. The molecule has 1 saturated heterocycles. The fourth-order valence-electron chi connectivity index (χ4n) is 2.44. The number of H-pyrrole nitrogens is 1. The van der Waals surface area contributed by atoms with Gasteiger partial charge in [-0.25, -0.2) is 4.98 Å². The smallest absolute Gasteiger partial charge is 0.166 e. The molecule has 1 aliphatic heterocycles. The van der Waals surface area contributed by atoms with Crippen molar-refractivity contribution in [3.63, 3.8) is 0 Å². The molecule has 6 heteroatoms. The first-order valence-electron chi connectivity index (χ1n) is 6.91. The van der Waals surface area contributed by atoms with Gasteiger partial charge in [0.05, 0.1) is 24.2 Å². The molecular weight excluding hydrogens is 274 g/mol. The molecule has 1 fully saturated rings. The number of nitrogens with zero attached hydrogens (tertiary/aromatic N) is 2. The highest BCUT2D eigenvalue weighted by atomic mass is 32.2. The van der Waals surface area contributed by atoms with E-state index in [9.17, 15) is 5.11 Å². The van der Waals surface area contributed by atoms with E-state index in [1.54, 1.807) is 17.8 Å². The van der Waals surface area contributed by atoms with Gasteiger partial charge in [0.2, 0.25) is 0 Å². The van der Waals surface area contributed by atoms with Crippen LogP contribution in [0.4, 0.5) is 0 Å². The average Bonchev–Trinajstić information content (AvgIpc) is 2.87. The molecule has 5 nitrogen and oxygen atoms in total. The van der Waals surface area contributed by atoms with E-state index in [1.807, 2.05) is 6.07 Å². The van der Waals surface area contributed by atoms with Crippen molar-refractivity contribution in [3.05, 3.63) is 17.7 Å². The molecule has 0 radical (unpaired) electrons. The Labute approximate surface area is 122 Å². The van der Waals surface area contributed by atoms with E-state index in [1.165, 1.54) is 0 Å². The lowest BCUT2D eigenvalue weighted by Crippen LogP contribution is -2.35. The molecule has 0 aliphatic carbocycles. The molecule has 1 aromatic heterocycles. The summed E-state index contributed by atoms with van der Waals surface area (Å²) in [5.74, 6) is 1.30. The quantitative estimate of drug-likeness (QED) is 0.846. The topological polar surface area (TPSA) is 61.4 Å². The Kier molecular flexibility index (Phi) is 4.14. The van der Waals surface area contributed by atoms with E-state index < -0.39 is 0 Å². The maximum atomic E-state index is 10.2. The first-order valence-corrected chi connectivity index (χ1v) is 7.90. The summed E-state index contributed by atoms with van der Waals surface area (Å²) in [5.41, 5.74) is 2.78. The van der Waals surface area contributed by atoms with Crippen LogP contribution in [0.25, 0.3) is 11.0 Å². The molecular formula is C14H19N3O2S.